The molecule has 0 atom stereocenters. The van der Waals surface area contributed by atoms with Crippen molar-refractivity contribution in [3.63, 3.8) is 0 Å². The summed E-state index contributed by atoms with van der Waals surface area (Å²) in [6.07, 6.45) is 2.48. The van der Waals surface area contributed by atoms with Crippen LogP contribution in [-0.2, 0) is 6.42 Å². The molecule has 3 rings (SSSR count). The molecule has 2 aromatic heterocycles. The third kappa shape index (κ3) is 1.76. The monoisotopic (exact) mass is 241 g/mol. The molecule has 0 unspecified atom stereocenters. The minimum Gasteiger partial charge on any atom is -0.323 e. The second-order valence-electron chi connectivity index (χ2n) is 4.11. The van der Waals surface area contributed by atoms with Crippen molar-refractivity contribution in [3.05, 3.63) is 47.9 Å². The molecule has 90 valence electrons. The molecule has 3 nitrogen and oxygen atoms in total. The van der Waals surface area contributed by atoms with Crippen LogP contribution in [-0.4, -0.2) is 15.0 Å². The summed E-state index contributed by atoms with van der Waals surface area (Å²) in [4.78, 5) is 11.9. The van der Waals surface area contributed by atoms with Gasteiger partial charge in [-0.25, -0.2) is 14.4 Å². The Morgan fingerprint density at radius 3 is 2.94 bits per heavy atom. The van der Waals surface area contributed by atoms with Gasteiger partial charge in [0.05, 0.1) is 0 Å². The zero-order valence-electron chi connectivity index (χ0n) is 9.94. The molecule has 0 saturated carbocycles. The van der Waals surface area contributed by atoms with Gasteiger partial charge in [0.1, 0.15) is 17.2 Å². The highest BCUT2D eigenvalue weighted by Crippen LogP contribution is 2.24. The Bertz CT molecular complexity index is 670. The van der Waals surface area contributed by atoms with E-state index >= 15 is 0 Å². The molecule has 0 aliphatic rings. The number of hydrogen-bond acceptors (Lipinski definition) is 2. The van der Waals surface area contributed by atoms with Crippen molar-refractivity contribution < 1.29 is 4.39 Å². The van der Waals surface area contributed by atoms with Gasteiger partial charge in [0, 0.05) is 11.8 Å². The molecule has 0 aliphatic heterocycles. The number of rotatable bonds is 2. The van der Waals surface area contributed by atoms with E-state index in [0.717, 1.165) is 34.5 Å². The van der Waals surface area contributed by atoms with Crippen LogP contribution in [0.15, 0.2) is 36.5 Å². The van der Waals surface area contributed by atoms with Gasteiger partial charge in [-0.1, -0.05) is 6.92 Å². The van der Waals surface area contributed by atoms with E-state index in [1.165, 1.54) is 6.07 Å². The van der Waals surface area contributed by atoms with Crippen LogP contribution in [0.2, 0.25) is 0 Å². The highest BCUT2D eigenvalue weighted by atomic mass is 19.1. The molecule has 0 amide bonds. The highest BCUT2D eigenvalue weighted by Gasteiger charge is 2.10. The Hall–Kier alpha value is -2.23. The summed E-state index contributed by atoms with van der Waals surface area (Å²) in [5.74, 6) is 0.519. The maximum Gasteiger partial charge on any atom is 0.157 e. The molecule has 0 fully saturated rings. The number of benzene rings is 1. The summed E-state index contributed by atoms with van der Waals surface area (Å²) in [6, 6.07) is 8.51. The van der Waals surface area contributed by atoms with Crippen LogP contribution in [0, 0.1) is 5.82 Å². The predicted molar refractivity (Wildman–Crippen MR) is 68.7 cm³/mol. The van der Waals surface area contributed by atoms with E-state index in [4.69, 9.17) is 0 Å². The summed E-state index contributed by atoms with van der Waals surface area (Å²) < 4.78 is 13.2. The lowest BCUT2D eigenvalue weighted by Gasteiger charge is -2.04. The fourth-order valence-corrected chi connectivity index (χ4v) is 2.06. The van der Waals surface area contributed by atoms with E-state index in [-0.39, 0.29) is 5.82 Å². The van der Waals surface area contributed by atoms with Gasteiger partial charge in [-0.3, -0.25) is 0 Å². The standard InChI is InChI=1S/C14H12FN3/c1-2-9-8-10(15)5-6-11(9)13-17-12-4-3-7-16-14(12)18-13/h3-8H,2H2,1H3,(H,16,17,18). The van der Waals surface area contributed by atoms with Crippen molar-refractivity contribution in [3.8, 4) is 11.4 Å². The van der Waals surface area contributed by atoms with Gasteiger partial charge >= 0.3 is 0 Å². The Morgan fingerprint density at radius 2 is 2.17 bits per heavy atom. The maximum atomic E-state index is 13.2. The van der Waals surface area contributed by atoms with Crippen LogP contribution in [0.5, 0.6) is 0 Å². The van der Waals surface area contributed by atoms with Gasteiger partial charge in [-0.2, -0.15) is 0 Å². The minimum absolute atomic E-state index is 0.218. The smallest absolute Gasteiger partial charge is 0.157 e. The lowest BCUT2D eigenvalue weighted by atomic mass is 10.0. The maximum absolute atomic E-state index is 13.2. The Labute approximate surface area is 104 Å². The van der Waals surface area contributed by atoms with Gasteiger partial charge in [-0.15, -0.1) is 0 Å². The van der Waals surface area contributed by atoms with Gasteiger partial charge in [0.15, 0.2) is 5.65 Å². The zero-order valence-corrected chi connectivity index (χ0v) is 9.94. The van der Waals surface area contributed by atoms with Crippen LogP contribution >= 0.6 is 0 Å². The van der Waals surface area contributed by atoms with Gasteiger partial charge in [-0.05, 0) is 42.3 Å². The first-order valence-corrected chi connectivity index (χ1v) is 5.87. The largest absolute Gasteiger partial charge is 0.323 e. The second kappa shape index (κ2) is 4.22. The Morgan fingerprint density at radius 1 is 1.28 bits per heavy atom. The quantitative estimate of drug-likeness (QED) is 0.747. The number of nitrogens with one attached hydrogen (secondary N) is 1. The molecule has 0 bridgehead atoms. The average molecular weight is 241 g/mol. The third-order valence-electron chi connectivity index (χ3n) is 2.96. The molecule has 3 aromatic rings. The number of nitrogens with zero attached hydrogens (tertiary/aromatic N) is 2. The SMILES string of the molecule is CCc1cc(F)ccc1-c1nc2cccnc2[nH]1. The van der Waals surface area contributed by atoms with E-state index < -0.39 is 0 Å². The second-order valence-corrected chi connectivity index (χ2v) is 4.11. The van der Waals surface area contributed by atoms with Gasteiger partial charge in [0.2, 0.25) is 0 Å². The molecule has 0 spiro atoms. The van der Waals surface area contributed by atoms with Crippen LogP contribution < -0.4 is 0 Å². The van der Waals surface area contributed by atoms with Crippen LogP contribution in [0.4, 0.5) is 4.39 Å². The summed E-state index contributed by atoms with van der Waals surface area (Å²) in [5, 5.41) is 0. The number of aryl methyl sites for hydroxylation is 1. The minimum atomic E-state index is -0.218. The molecule has 1 aromatic carbocycles. The fraction of sp³-hybridized carbons (Fsp3) is 0.143. The average Bonchev–Trinajstić information content (AvgIpc) is 2.82. The van der Waals surface area contributed by atoms with Crippen molar-refractivity contribution in [1.82, 2.24) is 15.0 Å². The third-order valence-corrected chi connectivity index (χ3v) is 2.96. The van der Waals surface area contributed by atoms with Crippen molar-refractivity contribution in [2.24, 2.45) is 0 Å². The van der Waals surface area contributed by atoms with Crippen LogP contribution in [0.3, 0.4) is 0 Å². The number of pyridine rings is 1. The number of H-pyrrole nitrogens is 1. The molecule has 18 heavy (non-hydrogen) atoms. The van der Waals surface area contributed by atoms with Crippen molar-refractivity contribution in [1.29, 1.82) is 0 Å². The summed E-state index contributed by atoms with van der Waals surface area (Å²) in [7, 11) is 0. The number of fused-ring (bicyclic) bond motifs is 1. The number of aromatic amines is 1. The van der Waals surface area contributed by atoms with Crippen LogP contribution in [0.25, 0.3) is 22.6 Å². The lowest BCUT2D eigenvalue weighted by molar-refractivity contribution is 0.626. The molecule has 0 saturated heterocycles. The molecular weight excluding hydrogens is 229 g/mol. The number of halogens is 1. The summed E-state index contributed by atoms with van der Waals surface area (Å²) in [5.41, 5.74) is 3.43. The van der Waals surface area contributed by atoms with E-state index in [2.05, 4.69) is 15.0 Å². The van der Waals surface area contributed by atoms with Crippen molar-refractivity contribution >= 4 is 11.2 Å². The molecule has 2 heterocycles. The van der Waals surface area contributed by atoms with Crippen molar-refractivity contribution in [2.75, 3.05) is 0 Å². The van der Waals surface area contributed by atoms with Gasteiger partial charge in [0.25, 0.3) is 0 Å². The first kappa shape index (κ1) is 10.9. The van der Waals surface area contributed by atoms with E-state index in [1.54, 1.807) is 18.3 Å². The van der Waals surface area contributed by atoms with E-state index in [9.17, 15) is 4.39 Å². The fourth-order valence-electron chi connectivity index (χ4n) is 2.06. The molecule has 0 radical (unpaired) electrons. The van der Waals surface area contributed by atoms with E-state index in [0.29, 0.717) is 0 Å². The topological polar surface area (TPSA) is 41.6 Å². The summed E-state index contributed by atoms with van der Waals surface area (Å²) >= 11 is 0. The first-order chi connectivity index (χ1) is 8.78. The van der Waals surface area contributed by atoms with E-state index in [1.807, 2.05) is 19.1 Å². The molecule has 0 aliphatic carbocycles. The van der Waals surface area contributed by atoms with Crippen LogP contribution in [0.1, 0.15) is 12.5 Å². The Kier molecular flexibility index (Phi) is 2.55. The zero-order chi connectivity index (χ0) is 12.5. The molecular formula is C14H12FN3. The number of imidazole rings is 1. The highest BCUT2D eigenvalue weighted by molar-refractivity contribution is 5.76. The number of aromatic nitrogens is 3. The summed E-state index contributed by atoms with van der Waals surface area (Å²) in [6.45, 7) is 2.00. The molecule has 4 heteroatoms. The van der Waals surface area contributed by atoms with Crippen molar-refractivity contribution in [2.45, 2.75) is 13.3 Å². The van der Waals surface area contributed by atoms with Gasteiger partial charge < -0.3 is 4.98 Å². The number of hydrogen-bond donors (Lipinski definition) is 1. The Balaban J connectivity index is 2.19. The normalized spacial score (nSPS) is 11.0. The lowest BCUT2D eigenvalue weighted by Crippen LogP contribution is -1.90. The first-order valence-electron chi connectivity index (χ1n) is 5.87. The predicted octanol–water partition coefficient (Wildman–Crippen LogP) is 3.33. The molecule has 1 N–H and O–H groups in total.